The number of hydrogen-bond donors (Lipinski definition) is 1. The standard InChI is InChI=1S/C16H16N4O2S2/c1-3-8-23-16-20-19-15(24-16)18-14(21)12(10-17)9-11-6-4-5-7-13(11)22-2/h4-7,9H,3,8H2,1-2H3,(H,18,19,21)/b12-9+. The molecule has 124 valence electrons. The fraction of sp³-hybridized carbons (Fsp3) is 0.250. The van der Waals surface area contributed by atoms with Crippen LogP contribution in [0.25, 0.3) is 6.08 Å². The van der Waals surface area contributed by atoms with Crippen molar-refractivity contribution in [3.63, 3.8) is 0 Å². The summed E-state index contributed by atoms with van der Waals surface area (Å²) in [5.41, 5.74) is 0.626. The Morgan fingerprint density at radius 2 is 2.25 bits per heavy atom. The summed E-state index contributed by atoms with van der Waals surface area (Å²) in [7, 11) is 1.54. The third kappa shape index (κ3) is 4.81. The molecule has 0 saturated heterocycles. The zero-order valence-corrected chi connectivity index (χ0v) is 14.9. The SMILES string of the molecule is CCCSc1nnc(NC(=O)/C(C#N)=C/c2ccccc2OC)s1. The molecule has 1 heterocycles. The monoisotopic (exact) mass is 360 g/mol. The lowest BCUT2D eigenvalue weighted by molar-refractivity contribution is -0.112. The molecule has 1 aromatic carbocycles. The molecule has 1 N–H and O–H groups in total. The van der Waals surface area contributed by atoms with E-state index in [0.717, 1.165) is 16.5 Å². The summed E-state index contributed by atoms with van der Waals surface area (Å²) in [5, 5.41) is 20.2. The van der Waals surface area contributed by atoms with Crippen LogP contribution in [0.1, 0.15) is 18.9 Å². The lowest BCUT2D eigenvalue weighted by Gasteiger charge is -2.04. The van der Waals surface area contributed by atoms with Crippen LogP contribution in [0.5, 0.6) is 5.75 Å². The van der Waals surface area contributed by atoms with Crippen molar-refractivity contribution < 1.29 is 9.53 Å². The molecule has 0 spiro atoms. The number of carbonyl (C=O) groups excluding carboxylic acids is 1. The second kappa shape index (κ2) is 9.05. The van der Waals surface area contributed by atoms with Crippen LogP contribution in [0, 0.1) is 11.3 Å². The zero-order valence-electron chi connectivity index (χ0n) is 13.3. The van der Waals surface area contributed by atoms with Gasteiger partial charge in [-0.05, 0) is 18.6 Å². The van der Waals surface area contributed by atoms with E-state index < -0.39 is 5.91 Å². The van der Waals surface area contributed by atoms with Crippen LogP contribution in [-0.4, -0.2) is 29.0 Å². The zero-order chi connectivity index (χ0) is 17.4. The lowest BCUT2D eigenvalue weighted by Crippen LogP contribution is -2.13. The van der Waals surface area contributed by atoms with E-state index in [2.05, 4.69) is 22.4 Å². The second-order valence-electron chi connectivity index (χ2n) is 4.59. The average molecular weight is 360 g/mol. The normalized spacial score (nSPS) is 11.0. The Bertz CT molecular complexity index is 780. The van der Waals surface area contributed by atoms with E-state index in [4.69, 9.17) is 4.74 Å². The minimum absolute atomic E-state index is 0.0301. The predicted octanol–water partition coefficient (Wildman–Crippen LogP) is 3.59. The second-order valence-corrected chi connectivity index (χ2v) is 6.91. The Morgan fingerprint density at radius 3 is 2.96 bits per heavy atom. The Balaban J connectivity index is 2.13. The number of ether oxygens (including phenoxy) is 1. The van der Waals surface area contributed by atoms with Gasteiger partial charge in [0.15, 0.2) is 4.34 Å². The highest BCUT2D eigenvalue weighted by Crippen LogP contribution is 2.26. The van der Waals surface area contributed by atoms with Crippen molar-refractivity contribution in [1.29, 1.82) is 5.26 Å². The fourth-order valence-corrected chi connectivity index (χ4v) is 3.43. The van der Waals surface area contributed by atoms with Crippen molar-refractivity contribution >= 4 is 40.2 Å². The fourth-order valence-electron chi connectivity index (χ4n) is 1.76. The summed E-state index contributed by atoms with van der Waals surface area (Å²) < 4.78 is 6.01. The van der Waals surface area contributed by atoms with Crippen LogP contribution in [-0.2, 0) is 4.79 Å². The molecule has 1 aromatic heterocycles. The number of carbonyl (C=O) groups is 1. The van der Waals surface area contributed by atoms with Crippen molar-refractivity contribution in [1.82, 2.24) is 10.2 Å². The first-order chi connectivity index (χ1) is 11.7. The molecule has 0 aliphatic rings. The first-order valence-corrected chi connectivity index (χ1v) is 9.00. The molecule has 1 amide bonds. The maximum Gasteiger partial charge on any atom is 0.268 e. The van der Waals surface area contributed by atoms with Crippen molar-refractivity contribution in [2.75, 3.05) is 18.2 Å². The number of amides is 1. The number of nitrogens with one attached hydrogen (secondary N) is 1. The van der Waals surface area contributed by atoms with Crippen molar-refractivity contribution in [3.05, 3.63) is 35.4 Å². The molecule has 24 heavy (non-hydrogen) atoms. The van der Waals surface area contributed by atoms with Gasteiger partial charge in [0.05, 0.1) is 7.11 Å². The Morgan fingerprint density at radius 1 is 1.46 bits per heavy atom. The minimum Gasteiger partial charge on any atom is -0.496 e. The average Bonchev–Trinajstić information content (AvgIpc) is 3.05. The number of thioether (sulfide) groups is 1. The van der Waals surface area contributed by atoms with Gasteiger partial charge in [-0.2, -0.15) is 5.26 Å². The molecule has 0 fully saturated rings. The van der Waals surface area contributed by atoms with Crippen molar-refractivity contribution in [2.24, 2.45) is 0 Å². The number of benzene rings is 1. The van der Waals surface area contributed by atoms with Gasteiger partial charge in [-0.15, -0.1) is 10.2 Å². The highest BCUT2D eigenvalue weighted by Gasteiger charge is 2.14. The number of anilines is 1. The minimum atomic E-state index is -0.522. The quantitative estimate of drug-likeness (QED) is 0.351. The van der Waals surface area contributed by atoms with E-state index in [1.807, 2.05) is 18.2 Å². The number of aromatic nitrogens is 2. The first-order valence-electron chi connectivity index (χ1n) is 7.20. The summed E-state index contributed by atoms with van der Waals surface area (Å²) in [6.07, 6.45) is 2.52. The van der Waals surface area contributed by atoms with E-state index in [9.17, 15) is 10.1 Å². The van der Waals surface area contributed by atoms with Crippen LogP contribution >= 0.6 is 23.1 Å². The maximum absolute atomic E-state index is 12.3. The van der Waals surface area contributed by atoms with E-state index in [1.54, 1.807) is 23.9 Å². The molecule has 0 aliphatic carbocycles. The topological polar surface area (TPSA) is 87.9 Å². The van der Waals surface area contributed by atoms with Crippen LogP contribution in [0.3, 0.4) is 0 Å². The third-order valence-electron chi connectivity index (χ3n) is 2.86. The van der Waals surface area contributed by atoms with Gasteiger partial charge >= 0.3 is 0 Å². The summed E-state index contributed by atoms with van der Waals surface area (Å²) in [4.78, 5) is 12.3. The number of nitrogens with zero attached hydrogens (tertiary/aromatic N) is 3. The molecule has 0 bridgehead atoms. The molecule has 0 atom stereocenters. The largest absolute Gasteiger partial charge is 0.496 e. The summed E-state index contributed by atoms with van der Waals surface area (Å²) in [6.45, 7) is 2.08. The van der Waals surface area contributed by atoms with E-state index in [-0.39, 0.29) is 5.57 Å². The van der Waals surface area contributed by atoms with Gasteiger partial charge in [0.2, 0.25) is 5.13 Å². The number of methoxy groups -OCH3 is 1. The van der Waals surface area contributed by atoms with Gasteiger partial charge < -0.3 is 4.74 Å². The van der Waals surface area contributed by atoms with E-state index >= 15 is 0 Å². The third-order valence-corrected chi connectivity index (χ3v) is 5.04. The molecular formula is C16H16N4O2S2. The molecule has 8 heteroatoms. The molecule has 0 radical (unpaired) electrons. The molecule has 0 unspecified atom stereocenters. The van der Waals surface area contributed by atoms with Gasteiger partial charge in [-0.1, -0.05) is 48.2 Å². The van der Waals surface area contributed by atoms with E-state index in [0.29, 0.717) is 16.4 Å². The first kappa shape index (κ1) is 18.0. The summed E-state index contributed by atoms with van der Waals surface area (Å²) in [6, 6.07) is 9.07. The van der Waals surface area contributed by atoms with Crippen LogP contribution in [0.4, 0.5) is 5.13 Å². The Labute approximate surface area is 148 Å². The van der Waals surface area contributed by atoms with Gasteiger partial charge in [0.25, 0.3) is 5.91 Å². The van der Waals surface area contributed by atoms with Gasteiger partial charge in [-0.3, -0.25) is 10.1 Å². The number of hydrogen-bond acceptors (Lipinski definition) is 7. The van der Waals surface area contributed by atoms with Crippen LogP contribution < -0.4 is 10.1 Å². The highest BCUT2D eigenvalue weighted by molar-refractivity contribution is 8.01. The van der Waals surface area contributed by atoms with Gasteiger partial charge in [-0.25, -0.2) is 0 Å². The molecule has 2 aromatic rings. The van der Waals surface area contributed by atoms with Crippen molar-refractivity contribution in [3.8, 4) is 11.8 Å². The molecule has 0 aliphatic heterocycles. The van der Waals surface area contributed by atoms with Gasteiger partial charge in [0.1, 0.15) is 17.4 Å². The van der Waals surface area contributed by atoms with Crippen LogP contribution in [0.2, 0.25) is 0 Å². The molecular weight excluding hydrogens is 344 g/mol. The summed E-state index contributed by atoms with van der Waals surface area (Å²) in [5.74, 6) is 1.01. The predicted molar refractivity (Wildman–Crippen MR) is 96.1 cm³/mol. The van der Waals surface area contributed by atoms with Crippen LogP contribution in [0.15, 0.2) is 34.2 Å². The number of nitriles is 1. The Hall–Kier alpha value is -2.37. The van der Waals surface area contributed by atoms with Crippen molar-refractivity contribution in [2.45, 2.75) is 17.7 Å². The maximum atomic E-state index is 12.3. The number of para-hydroxylation sites is 1. The summed E-state index contributed by atoms with van der Waals surface area (Å²) >= 11 is 2.88. The Kier molecular flexibility index (Phi) is 6.78. The van der Waals surface area contributed by atoms with E-state index in [1.165, 1.54) is 24.5 Å². The lowest BCUT2D eigenvalue weighted by atomic mass is 10.1. The molecule has 2 rings (SSSR count). The highest BCUT2D eigenvalue weighted by atomic mass is 32.2. The molecule has 0 saturated carbocycles. The smallest absolute Gasteiger partial charge is 0.268 e. The molecule has 6 nitrogen and oxygen atoms in total. The number of rotatable bonds is 7. The van der Waals surface area contributed by atoms with Gasteiger partial charge in [0, 0.05) is 11.3 Å².